The van der Waals surface area contributed by atoms with Crippen LogP contribution in [0.15, 0.2) is 35.3 Å². The molecule has 0 spiro atoms. The van der Waals surface area contributed by atoms with Crippen LogP contribution in [0.2, 0.25) is 0 Å². The monoisotopic (exact) mass is 356 g/mol. The normalized spacial score (nSPS) is 11.8. The maximum atomic E-state index is 12.6. The summed E-state index contributed by atoms with van der Waals surface area (Å²) in [5.41, 5.74) is 3.64. The highest BCUT2D eigenvalue weighted by atomic mass is 32.1. The van der Waals surface area contributed by atoms with Gasteiger partial charge in [-0.3, -0.25) is 4.79 Å². The van der Waals surface area contributed by atoms with Gasteiger partial charge in [0, 0.05) is 24.7 Å². The summed E-state index contributed by atoms with van der Waals surface area (Å²) in [5, 5.41) is 0. The van der Waals surface area contributed by atoms with Crippen molar-refractivity contribution in [3.05, 3.63) is 51.8 Å². The van der Waals surface area contributed by atoms with Gasteiger partial charge in [-0.25, -0.2) is 0 Å². The van der Waals surface area contributed by atoms with E-state index in [0.717, 1.165) is 21.3 Å². The Morgan fingerprint density at radius 2 is 1.60 bits per heavy atom. The van der Waals surface area contributed by atoms with E-state index >= 15 is 0 Å². The second kappa shape index (κ2) is 6.72. The van der Waals surface area contributed by atoms with Gasteiger partial charge in [-0.1, -0.05) is 28.5 Å². The average molecular weight is 356 g/mol. The van der Waals surface area contributed by atoms with Crippen molar-refractivity contribution in [3.8, 4) is 11.5 Å². The fraction of sp³-hybridized carbons (Fsp3) is 0.263. The van der Waals surface area contributed by atoms with Crippen molar-refractivity contribution in [2.24, 2.45) is 12.0 Å². The minimum absolute atomic E-state index is 0.243. The molecule has 0 aliphatic rings. The molecule has 0 saturated heterocycles. The highest BCUT2D eigenvalue weighted by Gasteiger charge is 2.12. The lowest BCUT2D eigenvalue weighted by Crippen LogP contribution is -2.13. The number of fused-ring (bicyclic) bond motifs is 1. The zero-order valence-corrected chi connectivity index (χ0v) is 15.7. The van der Waals surface area contributed by atoms with Crippen LogP contribution in [0.1, 0.15) is 21.5 Å². The van der Waals surface area contributed by atoms with E-state index in [4.69, 9.17) is 9.47 Å². The maximum absolute atomic E-state index is 12.6. The smallest absolute Gasteiger partial charge is 0.279 e. The molecule has 0 fully saturated rings. The number of amides is 1. The molecule has 0 aliphatic carbocycles. The Hall–Kier alpha value is -2.60. The first-order valence-corrected chi connectivity index (χ1v) is 8.63. The van der Waals surface area contributed by atoms with Crippen LogP contribution in [0.5, 0.6) is 11.5 Å². The molecule has 0 radical (unpaired) electrons. The second-order valence-corrected chi connectivity index (χ2v) is 6.92. The Kier molecular flexibility index (Phi) is 4.63. The molecular formula is C19H20N2O3S. The fourth-order valence-corrected chi connectivity index (χ4v) is 3.84. The molecule has 0 atom stereocenters. The van der Waals surface area contributed by atoms with Crippen molar-refractivity contribution in [1.29, 1.82) is 0 Å². The predicted octanol–water partition coefficient (Wildman–Crippen LogP) is 3.61. The molecule has 0 unspecified atom stereocenters. The first-order valence-electron chi connectivity index (χ1n) is 7.82. The number of carbonyl (C=O) groups is 1. The summed E-state index contributed by atoms with van der Waals surface area (Å²) >= 11 is 1.44. The average Bonchev–Trinajstić information content (AvgIpc) is 2.87. The summed E-state index contributed by atoms with van der Waals surface area (Å²) in [6, 6.07) is 9.55. The number of benzene rings is 2. The molecule has 3 aromatic rings. The Morgan fingerprint density at radius 1 is 1.00 bits per heavy atom. The fourth-order valence-electron chi connectivity index (χ4n) is 2.81. The van der Waals surface area contributed by atoms with Crippen molar-refractivity contribution in [2.75, 3.05) is 14.2 Å². The molecule has 0 bridgehead atoms. The molecule has 5 nitrogen and oxygen atoms in total. The number of carbonyl (C=O) groups excluding carboxylic acids is 1. The van der Waals surface area contributed by atoms with Gasteiger partial charge < -0.3 is 14.0 Å². The van der Waals surface area contributed by atoms with Crippen LogP contribution in [0.3, 0.4) is 0 Å². The van der Waals surface area contributed by atoms with Crippen LogP contribution < -0.4 is 14.3 Å². The number of nitrogens with zero attached hydrogens (tertiary/aromatic N) is 2. The molecule has 0 saturated carbocycles. The molecule has 3 rings (SSSR count). The Labute approximate surface area is 150 Å². The van der Waals surface area contributed by atoms with Gasteiger partial charge in [-0.2, -0.15) is 4.99 Å². The number of thiazole rings is 1. The van der Waals surface area contributed by atoms with E-state index in [0.29, 0.717) is 21.9 Å². The zero-order valence-electron chi connectivity index (χ0n) is 14.9. The molecule has 130 valence electrons. The first-order chi connectivity index (χ1) is 11.9. The van der Waals surface area contributed by atoms with Crippen molar-refractivity contribution in [1.82, 2.24) is 4.57 Å². The van der Waals surface area contributed by atoms with Gasteiger partial charge in [0.05, 0.1) is 24.4 Å². The number of aryl methyl sites for hydroxylation is 3. The largest absolute Gasteiger partial charge is 0.493 e. The first kappa shape index (κ1) is 17.2. The van der Waals surface area contributed by atoms with Crippen LogP contribution >= 0.6 is 11.3 Å². The molecule has 2 aromatic carbocycles. The van der Waals surface area contributed by atoms with Crippen LogP contribution in [-0.2, 0) is 7.05 Å². The molecule has 25 heavy (non-hydrogen) atoms. The zero-order chi connectivity index (χ0) is 18.1. The van der Waals surface area contributed by atoms with Gasteiger partial charge in [-0.15, -0.1) is 0 Å². The molecular weight excluding hydrogens is 336 g/mol. The van der Waals surface area contributed by atoms with E-state index in [9.17, 15) is 4.79 Å². The van der Waals surface area contributed by atoms with Gasteiger partial charge >= 0.3 is 0 Å². The minimum Gasteiger partial charge on any atom is -0.493 e. The van der Waals surface area contributed by atoms with Gasteiger partial charge in [0.15, 0.2) is 16.3 Å². The summed E-state index contributed by atoms with van der Waals surface area (Å²) in [7, 11) is 5.09. The highest BCUT2D eigenvalue weighted by molar-refractivity contribution is 7.16. The lowest BCUT2D eigenvalue weighted by atomic mass is 10.1. The molecule has 6 heteroatoms. The second-order valence-electron chi connectivity index (χ2n) is 5.91. The third kappa shape index (κ3) is 3.30. The van der Waals surface area contributed by atoms with E-state index in [1.54, 1.807) is 14.2 Å². The molecule has 0 N–H and O–H groups in total. The number of hydrogen-bond acceptors (Lipinski definition) is 4. The lowest BCUT2D eigenvalue weighted by molar-refractivity contribution is 0.0998. The molecule has 1 amide bonds. The minimum atomic E-state index is -0.243. The van der Waals surface area contributed by atoms with Crippen molar-refractivity contribution >= 4 is 27.5 Å². The van der Waals surface area contributed by atoms with Crippen LogP contribution in [0.25, 0.3) is 10.2 Å². The van der Waals surface area contributed by atoms with Gasteiger partial charge in [0.1, 0.15) is 0 Å². The van der Waals surface area contributed by atoms with Crippen molar-refractivity contribution < 1.29 is 14.3 Å². The van der Waals surface area contributed by atoms with E-state index in [-0.39, 0.29) is 5.91 Å². The number of methoxy groups -OCH3 is 2. The van der Waals surface area contributed by atoms with Crippen LogP contribution in [0, 0.1) is 13.8 Å². The van der Waals surface area contributed by atoms with Crippen LogP contribution in [-0.4, -0.2) is 24.7 Å². The maximum Gasteiger partial charge on any atom is 0.279 e. The topological polar surface area (TPSA) is 52.8 Å². The number of ether oxygens (including phenoxy) is 2. The van der Waals surface area contributed by atoms with Gasteiger partial charge in [0.25, 0.3) is 5.91 Å². The summed E-state index contributed by atoms with van der Waals surface area (Å²) in [6.45, 7) is 3.95. The number of hydrogen-bond donors (Lipinski definition) is 0. The standard InChI is InChI=1S/C19H20N2O3S/c1-11-6-12(2)8-13(7-11)18(22)20-19-21(3)14-9-15(23-4)16(24-5)10-17(14)25-19/h6-10H,1-5H3. The molecule has 0 aliphatic heterocycles. The van der Waals surface area contributed by atoms with E-state index in [2.05, 4.69) is 4.99 Å². The Bertz CT molecular complexity index is 1010. The van der Waals surface area contributed by atoms with Crippen molar-refractivity contribution in [2.45, 2.75) is 13.8 Å². The van der Waals surface area contributed by atoms with Gasteiger partial charge in [0.2, 0.25) is 0 Å². The number of rotatable bonds is 3. The van der Waals surface area contributed by atoms with E-state index in [1.165, 1.54) is 11.3 Å². The highest BCUT2D eigenvalue weighted by Crippen LogP contribution is 2.33. The quantitative estimate of drug-likeness (QED) is 0.720. The number of aromatic nitrogens is 1. The molecule has 1 heterocycles. The van der Waals surface area contributed by atoms with Gasteiger partial charge in [-0.05, 0) is 26.0 Å². The lowest BCUT2D eigenvalue weighted by Gasteiger charge is -2.07. The van der Waals surface area contributed by atoms with E-state index < -0.39 is 0 Å². The third-order valence-corrected chi connectivity index (χ3v) is 5.08. The third-order valence-electron chi connectivity index (χ3n) is 3.98. The Balaban J connectivity index is 2.13. The summed E-state index contributed by atoms with van der Waals surface area (Å²) in [4.78, 5) is 17.5. The SMILES string of the molecule is COc1cc2sc(=NC(=O)c3cc(C)cc(C)c3)n(C)c2cc1OC. The summed E-state index contributed by atoms with van der Waals surface area (Å²) in [5.74, 6) is 1.06. The molecule has 1 aromatic heterocycles. The summed E-state index contributed by atoms with van der Waals surface area (Å²) in [6.07, 6.45) is 0. The Morgan fingerprint density at radius 3 is 2.20 bits per heavy atom. The van der Waals surface area contributed by atoms with Crippen LogP contribution in [0.4, 0.5) is 0 Å². The van der Waals surface area contributed by atoms with Crippen molar-refractivity contribution in [3.63, 3.8) is 0 Å². The summed E-state index contributed by atoms with van der Waals surface area (Å²) < 4.78 is 13.6. The van der Waals surface area contributed by atoms with E-state index in [1.807, 2.05) is 55.8 Å². The predicted molar refractivity (Wildman–Crippen MR) is 99.7 cm³/mol.